The Labute approximate surface area is 144 Å². The van der Waals surface area contributed by atoms with Crippen molar-refractivity contribution in [2.75, 3.05) is 31.1 Å². The highest BCUT2D eigenvalue weighted by Crippen LogP contribution is 2.41. The fourth-order valence-electron chi connectivity index (χ4n) is 3.70. The fourth-order valence-corrected chi connectivity index (χ4v) is 3.70. The van der Waals surface area contributed by atoms with E-state index in [0.717, 1.165) is 56.2 Å². The van der Waals surface area contributed by atoms with Crippen molar-refractivity contribution in [3.8, 4) is 0 Å². The minimum Gasteiger partial charge on any atom is -0.444 e. The van der Waals surface area contributed by atoms with E-state index in [1.165, 1.54) is 0 Å². The van der Waals surface area contributed by atoms with E-state index in [9.17, 15) is 4.79 Å². The number of aromatic nitrogens is 2. The summed E-state index contributed by atoms with van der Waals surface area (Å²) in [5, 5.41) is 0. The number of nitrogens with zero attached hydrogens (tertiary/aromatic N) is 4. The molecule has 6 nitrogen and oxygen atoms in total. The van der Waals surface area contributed by atoms with Gasteiger partial charge in [0.25, 0.3) is 0 Å². The molecule has 0 aromatic carbocycles. The van der Waals surface area contributed by atoms with Crippen LogP contribution in [0.15, 0.2) is 6.20 Å². The second-order valence-electron chi connectivity index (χ2n) is 8.25. The molecule has 1 unspecified atom stereocenters. The molecule has 24 heavy (non-hydrogen) atoms. The smallest absolute Gasteiger partial charge is 0.410 e. The highest BCUT2D eigenvalue weighted by molar-refractivity contribution is 5.68. The maximum absolute atomic E-state index is 12.3. The number of carbonyl (C=O) groups excluding carboxylic acids is 1. The van der Waals surface area contributed by atoms with Crippen LogP contribution in [0, 0.1) is 19.3 Å². The standard InChI is InChI=1S/C18H28N4O2/c1-13-10-19-14(2)20-15(13)21-8-6-18(11-21)7-9-22(12-18)16(23)24-17(3,4)5/h10H,6-9,11-12H2,1-5H3. The maximum atomic E-state index is 12.3. The van der Waals surface area contributed by atoms with E-state index in [2.05, 4.69) is 21.8 Å². The number of hydrogen-bond donors (Lipinski definition) is 0. The van der Waals surface area contributed by atoms with Gasteiger partial charge in [0.15, 0.2) is 0 Å². The molecular weight excluding hydrogens is 304 g/mol. The van der Waals surface area contributed by atoms with Crippen LogP contribution in [0.1, 0.15) is 45.0 Å². The van der Waals surface area contributed by atoms with E-state index in [1.54, 1.807) is 0 Å². The number of carbonyl (C=O) groups is 1. The van der Waals surface area contributed by atoms with Crippen LogP contribution >= 0.6 is 0 Å². The fraction of sp³-hybridized carbons (Fsp3) is 0.722. The Bertz CT molecular complexity index is 640. The summed E-state index contributed by atoms with van der Waals surface area (Å²) in [6, 6.07) is 0. The second kappa shape index (κ2) is 5.90. The number of rotatable bonds is 1. The number of aryl methyl sites for hydroxylation is 2. The van der Waals surface area contributed by atoms with Gasteiger partial charge in [0.2, 0.25) is 0 Å². The first-order chi connectivity index (χ1) is 11.2. The molecule has 2 aliphatic heterocycles. The van der Waals surface area contributed by atoms with Gasteiger partial charge >= 0.3 is 6.09 Å². The molecule has 0 N–H and O–H groups in total. The van der Waals surface area contributed by atoms with Crippen LogP contribution in [-0.2, 0) is 4.74 Å². The van der Waals surface area contributed by atoms with Crippen LogP contribution in [0.5, 0.6) is 0 Å². The van der Waals surface area contributed by atoms with Gasteiger partial charge in [-0.3, -0.25) is 0 Å². The maximum Gasteiger partial charge on any atom is 0.410 e. The van der Waals surface area contributed by atoms with Crippen LogP contribution in [0.25, 0.3) is 0 Å². The van der Waals surface area contributed by atoms with Crippen molar-refractivity contribution >= 4 is 11.9 Å². The molecule has 2 fully saturated rings. The van der Waals surface area contributed by atoms with Crippen LogP contribution in [-0.4, -0.2) is 52.7 Å². The van der Waals surface area contributed by atoms with E-state index < -0.39 is 5.60 Å². The van der Waals surface area contributed by atoms with E-state index in [0.29, 0.717) is 0 Å². The quantitative estimate of drug-likeness (QED) is 0.791. The lowest BCUT2D eigenvalue weighted by atomic mass is 9.86. The first-order valence-electron chi connectivity index (χ1n) is 8.71. The van der Waals surface area contributed by atoms with E-state index >= 15 is 0 Å². The Kier molecular flexibility index (Phi) is 4.18. The molecule has 2 saturated heterocycles. The van der Waals surface area contributed by atoms with Crippen LogP contribution < -0.4 is 4.90 Å². The normalized spacial score (nSPS) is 24.0. The van der Waals surface area contributed by atoms with E-state index in [4.69, 9.17) is 4.74 Å². The van der Waals surface area contributed by atoms with Gasteiger partial charge in [0.1, 0.15) is 17.2 Å². The van der Waals surface area contributed by atoms with Crippen molar-refractivity contribution in [1.29, 1.82) is 0 Å². The Morgan fingerprint density at radius 2 is 1.92 bits per heavy atom. The SMILES string of the molecule is Cc1ncc(C)c(N2CCC3(CCN(C(=O)OC(C)(C)C)C3)C2)n1. The zero-order valence-electron chi connectivity index (χ0n) is 15.4. The van der Waals surface area contributed by atoms with Gasteiger partial charge in [-0.1, -0.05) is 0 Å². The Morgan fingerprint density at radius 3 is 2.62 bits per heavy atom. The zero-order chi connectivity index (χ0) is 17.5. The molecule has 1 atom stereocenters. The summed E-state index contributed by atoms with van der Waals surface area (Å²) in [6.45, 7) is 13.2. The summed E-state index contributed by atoms with van der Waals surface area (Å²) < 4.78 is 5.52. The molecule has 1 amide bonds. The van der Waals surface area contributed by atoms with Crippen molar-refractivity contribution in [2.45, 2.75) is 53.1 Å². The predicted molar refractivity (Wildman–Crippen MR) is 93.2 cm³/mol. The Hall–Kier alpha value is -1.85. The summed E-state index contributed by atoms with van der Waals surface area (Å²) in [4.78, 5) is 25.4. The van der Waals surface area contributed by atoms with Gasteiger partial charge in [-0.25, -0.2) is 14.8 Å². The monoisotopic (exact) mass is 332 g/mol. The molecule has 0 saturated carbocycles. The summed E-state index contributed by atoms with van der Waals surface area (Å²) >= 11 is 0. The molecule has 1 aromatic rings. The zero-order valence-corrected chi connectivity index (χ0v) is 15.4. The molecule has 3 rings (SSSR count). The van der Waals surface area contributed by atoms with Gasteiger partial charge in [0, 0.05) is 43.4 Å². The third-order valence-corrected chi connectivity index (χ3v) is 4.89. The van der Waals surface area contributed by atoms with Gasteiger partial charge < -0.3 is 14.5 Å². The van der Waals surface area contributed by atoms with Crippen LogP contribution in [0.2, 0.25) is 0 Å². The molecule has 3 heterocycles. The molecule has 1 aromatic heterocycles. The summed E-state index contributed by atoms with van der Waals surface area (Å²) in [5.74, 6) is 1.84. The third-order valence-electron chi connectivity index (χ3n) is 4.89. The lowest BCUT2D eigenvalue weighted by Crippen LogP contribution is -2.37. The minimum atomic E-state index is -0.440. The molecule has 6 heteroatoms. The molecule has 0 bridgehead atoms. The number of amides is 1. The Balaban J connectivity index is 1.67. The number of anilines is 1. The highest BCUT2D eigenvalue weighted by atomic mass is 16.6. The molecular formula is C18H28N4O2. The number of likely N-dealkylation sites (tertiary alicyclic amines) is 1. The van der Waals surface area contributed by atoms with Gasteiger partial charge in [-0.2, -0.15) is 0 Å². The van der Waals surface area contributed by atoms with Crippen LogP contribution in [0.4, 0.5) is 10.6 Å². The van der Waals surface area contributed by atoms with Gasteiger partial charge in [-0.15, -0.1) is 0 Å². The first-order valence-corrected chi connectivity index (χ1v) is 8.71. The lowest BCUT2D eigenvalue weighted by molar-refractivity contribution is 0.0276. The lowest BCUT2D eigenvalue weighted by Gasteiger charge is -2.27. The highest BCUT2D eigenvalue weighted by Gasteiger charge is 2.46. The van der Waals surface area contributed by atoms with Crippen molar-refractivity contribution in [3.63, 3.8) is 0 Å². The van der Waals surface area contributed by atoms with Crippen molar-refractivity contribution in [1.82, 2.24) is 14.9 Å². The summed E-state index contributed by atoms with van der Waals surface area (Å²) in [7, 11) is 0. The molecule has 1 spiro atoms. The van der Waals surface area contributed by atoms with Crippen LogP contribution in [0.3, 0.4) is 0 Å². The average molecular weight is 332 g/mol. The van der Waals surface area contributed by atoms with E-state index in [1.807, 2.05) is 38.8 Å². The average Bonchev–Trinajstić information content (AvgIpc) is 3.08. The molecule has 2 aliphatic rings. The minimum absolute atomic E-state index is 0.169. The van der Waals surface area contributed by atoms with Gasteiger partial charge in [0.05, 0.1) is 0 Å². The molecule has 0 radical (unpaired) electrons. The Morgan fingerprint density at radius 1 is 1.21 bits per heavy atom. The van der Waals surface area contributed by atoms with Crippen molar-refractivity contribution in [3.05, 3.63) is 17.6 Å². The predicted octanol–water partition coefficient (Wildman–Crippen LogP) is 2.93. The second-order valence-corrected chi connectivity index (χ2v) is 8.25. The summed E-state index contributed by atoms with van der Waals surface area (Å²) in [6.07, 6.45) is 3.83. The van der Waals surface area contributed by atoms with Crippen molar-refractivity contribution < 1.29 is 9.53 Å². The topological polar surface area (TPSA) is 58.6 Å². The largest absolute Gasteiger partial charge is 0.444 e. The third kappa shape index (κ3) is 3.47. The number of ether oxygens (including phenoxy) is 1. The van der Waals surface area contributed by atoms with Crippen molar-refractivity contribution in [2.24, 2.45) is 5.41 Å². The molecule has 132 valence electrons. The van der Waals surface area contributed by atoms with E-state index in [-0.39, 0.29) is 11.5 Å². The summed E-state index contributed by atoms with van der Waals surface area (Å²) in [5.41, 5.74) is 0.839. The van der Waals surface area contributed by atoms with Gasteiger partial charge in [-0.05, 0) is 47.5 Å². The molecule has 0 aliphatic carbocycles. The number of hydrogen-bond acceptors (Lipinski definition) is 5. The first kappa shape index (κ1) is 17.0.